The summed E-state index contributed by atoms with van der Waals surface area (Å²) in [6.45, 7) is 0. The van der Waals surface area contributed by atoms with Gasteiger partial charge in [-0.05, 0) is 17.7 Å². The van der Waals surface area contributed by atoms with Crippen molar-refractivity contribution in [2.45, 2.75) is 0 Å². The van der Waals surface area contributed by atoms with Crippen LogP contribution in [0.4, 0.5) is 0 Å². The maximum absolute atomic E-state index is 12.7. The fraction of sp³-hybridized carbons (Fsp3) is 0. The lowest BCUT2D eigenvalue weighted by molar-refractivity contribution is 0.460. The molecule has 0 fully saturated rings. The lowest BCUT2D eigenvalue weighted by Gasteiger charge is -2.06. The summed E-state index contributed by atoms with van der Waals surface area (Å²) < 4.78 is 11.1. The number of hydrogen-bond donors (Lipinski definition) is 0. The monoisotopic (exact) mass is 373 g/mol. The summed E-state index contributed by atoms with van der Waals surface area (Å²) in [7, 11) is 0. The van der Waals surface area contributed by atoms with Crippen molar-refractivity contribution >= 4 is 33.5 Å². The second-order valence-electron chi connectivity index (χ2n) is 6.19. The molecule has 4 nitrogen and oxygen atoms in total. The molecule has 0 saturated heterocycles. The molecule has 2 aromatic heterocycles. The van der Waals surface area contributed by atoms with E-state index in [0.29, 0.717) is 32.7 Å². The van der Waals surface area contributed by atoms with Gasteiger partial charge in [-0.1, -0.05) is 77.4 Å². The van der Waals surface area contributed by atoms with Gasteiger partial charge in [0.1, 0.15) is 16.7 Å². The molecule has 2 heterocycles. The lowest BCUT2D eigenvalue weighted by Crippen LogP contribution is -2.00. The first-order valence-electron chi connectivity index (χ1n) is 8.39. The Hall–Kier alpha value is -3.37. The van der Waals surface area contributed by atoms with Crippen LogP contribution >= 0.6 is 11.6 Å². The number of rotatable bonds is 2. The van der Waals surface area contributed by atoms with Crippen LogP contribution in [0.3, 0.4) is 0 Å². The van der Waals surface area contributed by atoms with E-state index in [9.17, 15) is 4.79 Å². The summed E-state index contributed by atoms with van der Waals surface area (Å²) in [6.07, 6.45) is 0. The fourth-order valence-corrected chi connectivity index (χ4v) is 3.53. The van der Waals surface area contributed by atoms with Gasteiger partial charge in [0.05, 0.1) is 5.39 Å². The Labute approximate surface area is 158 Å². The van der Waals surface area contributed by atoms with Gasteiger partial charge < -0.3 is 8.94 Å². The van der Waals surface area contributed by atoms with Crippen LogP contribution < -0.4 is 5.63 Å². The second-order valence-corrected chi connectivity index (χ2v) is 6.59. The number of aromatic nitrogens is 1. The van der Waals surface area contributed by atoms with Gasteiger partial charge in [-0.3, -0.25) is 0 Å². The summed E-state index contributed by atoms with van der Waals surface area (Å²) in [4.78, 5) is 12.7. The van der Waals surface area contributed by atoms with Crippen molar-refractivity contribution in [3.05, 3.63) is 88.2 Å². The molecule has 5 aromatic rings. The van der Waals surface area contributed by atoms with Gasteiger partial charge in [0.15, 0.2) is 5.58 Å². The van der Waals surface area contributed by atoms with E-state index in [2.05, 4.69) is 5.16 Å². The zero-order valence-electron chi connectivity index (χ0n) is 14.0. The molecular formula is C22H12ClNO3. The fourth-order valence-electron chi connectivity index (χ4n) is 3.26. The van der Waals surface area contributed by atoms with Crippen LogP contribution in [0.2, 0.25) is 5.02 Å². The minimum atomic E-state index is -0.487. The van der Waals surface area contributed by atoms with Gasteiger partial charge in [0, 0.05) is 16.1 Å². The molecule has 0 unspecified atom stereocenters. The number of hydrogen-bond acceptors (Lipinski definition) is 4. The van der Waals surface area contributed by atoms with E-state index < -0.39 is 5.63 Å². The molecule has 0 saturated carbocycles. The molecule has 130 valence electrons. The predicted octanol–water partition coefficient (Wildman–Crippen LogP) is 5.92. The molecule has 0 aliphatic heterocycles. The van der Waals surface area contributed by atoms with E-state index in [1.54, 1.807) is 12.1 Å². The smallest absolute Gasteiger partial charge is 0.349 e. The van der Waals surface area contributed by atoms with Crippen LogP contribution in [0.1, 0.15) is 0 Å². The molecule has 0 atom stereocenters. The molecule has 0 aliphatic carbocycles. The maximum atomic E-state index is 12.7. The zero-order valence-corrected chi connectivity index (χ0v) is 14.7. The van der Waals surface area contributed by atoms with Gasteiger partial charge in [0.25, 0.3) is 0 Å². The molecule has 0 aliphatic rings. The predicted molar refractivity (Wildman–Crippen MR) is 106 cm³/mol. The SMILES string of the molecule is O=c1oc2cc(-c3ccccc3)c(Cl)cc2c2onc(-c3ccccc3)c12. The third-order valence-corrected chi connectivity index (χ3v) is 4.86. The lowest BCUT2D eigenvalue weighted by atomic mass is 10.0. The molecular weight excluding hydrogens is 362 g/mol. The molecule has 0 N–H and O–H groups in total. The third-order valence-electron chi connectivity index (χ3n) is 4.54. The number of nitrogens with zero attached hydrogens (tertiary/aromatic N) is 1. The zero-order chi connectivity index (χ0) is 18.4. The van der Waals surface area contributed by atoms with Crippen molar-refractivity contribution in [3.63, 3.8) is 0 Å². The van der Waals surface area contributed by atoms with E-state index in [4.69, 9.17) is 20.5 Å². The molecule has 27 heavy (non-hydrogen) atoms. The van der Waals surface area contributed by atoms with Crippen LogP contribution in [0.5, 0.6) is 0 Å². The largest absolute Gasteiger partial charge is 0.422 e. The van der Waals surface area contributed by atoms with Gasteiger partial charge in [-0.2, -0.15) is 0 Å². The van der Waals surface area contributed by atoms with Crippen LogP contribution in [-0.2, 0) is 0 Å². The highest BCUT2D eigenvalue weighted by atomic mass is 35.5. The van der Waals surface area contributed by atoms with E-state index >= 15 is 0 Å². The Morgan fingerprint density at radius 1 is 0.852 bits per heavy atom. The van der Waals surface area contributed by atoms with Gasteiger partial charge in [-0.25, -0.2) is 4.79 Å². The Kier molecular flexibility index (Phi) is 3.59. The molecule has 0 radical (unpaired) electrons. The topological polar surface area (TPSA) is 56.2 Å². The molecule has 5 heteroatoms. The van der Waals surface area contributed by atoms with Crippen molar-refractivity contribution in [2.24, 2.45) is 0 Å². The van der Waals surface area contributed by atoms with Gasteiger partial charge >= 0.3 is 5.63 Å². The van der Waals surface area contributed by atoms with Crippen molar-refractivity contribution in [1.29, 1.82) is 0 Å². The first-order chi connectivity index (χ1) is 13.2. The molecule has 3 aromatic carbocycles. The second kappa shape index (κ2) is 6.11. The van der Waals surface area contributed by atoms with Crippen LogP contribution in [0, 0.1) is 0 Å². The average Bonchev–Trinajstić information content (AvgIpc) is 3.16. The normalized spacial score (nSPS) is 11.3. The standard InChI is InChI=1S/C22H12ClNO3/c23-17-11-16-18(12-15(17)13-7-3-1-4-8-13)26-22(25)19-20(24-27-21(16)19)14-9-5-2-6-10-14/h1-12H. The Morgan fingerprint density at radius 3 is 2.22 bits per heavy atom. The van der Waals surface area contributed by atoms with Crippen molar-refractivity contribution in [2.75, 3.05) is 0 Å². The van der Waals surface area contributed by atoms with E-state index in [1.807, 2.05) is 60.7 Å². The highest BCUT2D eigenvalue weighted by Crippen LogP contribution is 2.36. The highest BCUT2D eigenvalue weighted by molar-refractivity contribution is 6.34. The molecule has 0 spiro atoms. The summed E-state index contributed by atoms with van der Waals surface area (Å²) in [5, 5.41) is 5.58. The Bertz CT molecular complexity index is 1340. The van der Waals surface area contributed by atoms with Crippen molar-refractivity contribution < 1.29 is 8.94 Å². The van der Waals surface area contributed by atoms with E-state index in [-0.39, 0.29) is 0 Å². The van der Waals surface area contributed by atoms with Gasteiger partial charge in [-0.15, -0.1) is 0 Å². The molecule has 0 bridgehead atoms. The van der Waals surface area contributed by atoms with E-state index in [0.717, 1.165) is 16.7 Å². The number of benzene rings is 3. The Balaban J connectivity index is 1.81. The van der Waals surface area contributed by atoms with Crippen LogP contribution in [0.25, 0.3) is 44.3 Å². The quantitative estimate of drug-likeness (QED) is 0.360. The third kappa shape index (κ3) is 2.54. The summed E-state index contributed by atoms with van der Waals surface area (Å²) >= 11 is 6.52. The highest BCUT2D eigenvalue weighted by Gasteiger charge is 2.20. The van der Waals surface area contributed by atoms with Crippen LogP contribution in [-0.4, -0.2) is 5.16 Å². The first-order valence-corrected chi connectivity index (χ1v) is 8.77. The number of halogens is 1. The summed E-state index contributed by atoms with van der Waals surface area (Å²) in [5.74, 6) is 0. The van der Waals surface area contributed by atoms with Gasteiger partial charge in [0.2, 0.25) is 0 Å². The summed E-state index contributed by atoms with van der Waals surface area (Å²) in [6, 6.07) is 22.6. The average molecular weight is 374 g/mol. The first kappa shape index (κ1) is 15.9. The minimum absolute atomic E-state index is 0.317. The maximum Gasteiger partial charge on any atom is 0.349 e. The van der Waals surface area contributed by atoms with Crippen molar-refractivity contribution in [1.82, 2.24) is 5.16 Å². The van der Waals surface area contributed by atoms with Crippen molar-refractivity contribution in [3.8, 4) is 22.4 Å². The van der Waals surface area contributed by atoms with E-state index in [1.165, 1.54) is 0 Å². The number of fused-ring (bicyclic) bond motifs is 3. The van der Waals surface area contributed by atoms with Crippen LogP contribution in [0.15, 0.2) is 86.5 Å². The molecule has 5 rings (SSSR count). The minimum Gasteiger partial charge on any atom is -0.422 e. The Morgan fingerprint density at radius 2 is 1.52 bits per heavy atom. The summed E-state index contributed by atoms with van der Waals surface area (Å²) in [5.41, 5.74) is 3.27. The molecule has 0 amide bonds.